The largest absolute Gasteiger partial charge is 0.490 e. The number of carboxylic acid groups (broad SMARTS) is 1. The summed E-state index contributed by atoms with van der Waals surface area (Å²) in [7, 11) is -0.421. The van der Waals surface area contributed by atoms with Gasteiger partial charge in [-0.05, 0) is 58.9 Å². The maximum atomic E-state index is 11.9. The van der Waals surface area contributed by atoms with Gasteiger partial charge < -0.3 is 14.4 Å². The van der Waals surface area contributed by atoms with Crippen LogP contribution in [0.4, 0.5) is 4.79 Å². The smallest absolute Gasteiger partial charge is 0.465 e. The van der Waals surface area contributed by atoms with E-state index in [1.54, 1.807) is 4.90 Å². The maximum Gasteiger partial charge on any atom is 0.490 e. The van der Waals surface area contributed by atoms with Crippen LogP contribution < -0.4 is 0 Å². The highest BCUT2D eigenvalue weighted by Gasteiger charge is 2.56. The topological polar surface area (TPSA) is 59.0 Å². The maximum absolute atomic E-state index is 11.9. The number of nitrogens with zero attached hydrogens (tertiary/aromatic N) is 1. The van der Waals surface area contributed by atoms with E-state index >= 15 is 0 Å². The molecule has 0 spiro atoms. The molecule has 2 atom stereocenters. The van der Waals surface area contributed by atoms with Crippen LogP contribution in [0.15, 0.2) is 11.5 Å². The van der Waals surface area contributed by atoms with Crippen molar-refractivity contribution in [3.05, 3.63) is 11.5 Å². The van der Waals surface area contributed by atoms with Crippen LogP contribution in [0, 0.1) is 5.41 Å². The first kappa shape index (κ1) is 19.3. The monoisotopic (exact) mass is 337 g/mol. The summed E-state index contributed by atoms with van der Waals surface area (Å²) in [6.45, 7) is 18.3. The fourth-order valence-corrected chi connectivity index (χ4v) is 3.54. The molecule has 2 aliphatic heterocycles. The number of carbonyl (C=O) groups is 1. The highest BCUT2D eigenvalue weighted by molar-refractivity contribution is 6.54. The third-order valence-corrected chi connectivity index (χ3v) is 6.32. The van der Waals surface area contributed by atoms with Crippen molar-refractivity contribution in [2.45, 2.75) is 91.5 Å². The van der Waals surface area contributed by atoms with Crippen molar-refractivity contribution in [1.82, 2.24) is 4.90 Å². The molecule has 1 fully saturated rings. The van der Waals surface area contributed by atoms with Crippen LogP contribution in [-0.4, -0.2) is 46.0 Å². The molecule has 0 aliphatic carbocycles. The molecule has 0 radical (unpaired) electrons. The Balaban J connectivity index is 2.42. The molecule has 24 heavy (non-hydrogen) atoms. The lowest BCUT2D eigenvalue weighted by Gasteiger charge is -2.53. The Kier molecular flexibility index (Phi) is 4.43. The van der Waals surface area contributed by atoms with E-state index in [0.29, 0.717) is 6.42 Å². The lowest BCUT2D eigenvalue weighted by Crippen LogP contribution is -2.62. The van der Waals surface area contributed by atoms with E-state index in [0.717, 1.165) is 5.47 Å². The second-order valence-electron chi connectivity index (χ2n) is 9.42. The third-order valence-electron chi connectivity index (χ3n) is 6.32. The zero-order valence-corrected chi connectivity index (χ0v) is 16.6. The van der Waals surface area contributed by atoms with E-state index in [1.807, 2.05) is 47.6 Å². The number of rotatable bonds is 1. The van der Waals surface area contributed by atoms with Crippen molar-refractivity contribution in [3.8, 4) is 0 Å². The second-order valence-corrected chi connectivity index (χ2v) is 9.42. The first-order chi connectivity index (χ1) is 10.6. The molecule has 136 valence electrons. The van der Waals surface area contributed by atoms with Crippen LogP contribution in [0.2, 0.25) is 0 Å². The number of amides is 1. The molecule has 1 N–H and O–H groups in total. The van der Waals surface area contributed by atoms with Crippen LogP contribution in [0.1, 0.15) is 68.7 Å². The van der Waals surface area contributed by atoms with Gasteiger partial charge in [0.25, 0.3) is 0 Å². The molecule has 2 aliphatic rings. The Labute approximate surface area is 146 Å². The summed E-state index contributed by atoms with van der Waals surface area (Å²) in [4.78, 5) is 13.5. The van der Waals surface area contributed by atoms with Gasteiger partial charge in [-0.15, -0.1) is 0 Å². The van der Waals surface area contributed by atoms with Gasteiger partial charge in [0.2, 0.25) is 0 Å². The van der Waals surface area contributed by atoms with E-state index < -0.39 is 30.0 Å². The minimum atomic E-state index is -0.885. The standard InChI is InChI=1S/C18H32BNO4/c1-12-10-13(19-23-16(5,6)17(7,8)24-19)11-18(9,15(2,3)4)20(12)14(21)22/h10,12H,11H2,1-9H3,(H,21,22). The van der Waals surface area contributed by atoms with Crippen molar-refractivity contribution in [2.24, 2.45) is 5.41 Å². The van der Waals surface area contributed by atoms with Gasteiger partial charge in [-0.25, -0.2) is 4.79 Å². The van der Waals surface area contributed by atoms with Gasteiger partial charge in [0.05, 0.1) is 22.8 Å². The van der Waals surface area contributed by atoms with Crippen LogP contribution >= 0.6 is 0 Å². The van der Waals surface area contributed by atoms with Crippen LogP contribution in [-0.2, 0) is 9.31 Å². The summed E-state index contributed by atoms with van der Waals surface area (Å²) in [5.74, 6) is 0. The predicted molar refractivity (Wildman–Crippen MR) is 96.0 cm³/mol. The molecule has 0 saturated carbocycles. The van der Waals surface area contributed by atoms with E-state index in [2.05, 4.69) is 20.8 Å². The van der Waals surface area contributed by atoms with Gasteiger partial charge in [-0.2, -0.15) is 0 Å². The van der Waals surface area contributed by atoms with Crippen molar-refractivity contribution < 1.29 is 19.2 Å². The molecule has 2 heterocycles. The molecule has 0 bridgehead atoms. The molecule has 1 saturated heterocycles. The minimum Gasteiger partial charge on any atom is -0.465 e. The highest BCUT2D eigenvalue weighted by atomic mass is 16.7. The van der Waals surface area contributed by atoms with Crippen molar-refractivity contribution in [3.63, 3.8) is 0 Å². The van der Waals surface area contributed by atoms with Crippen molar-refractivity contribution in [1.29, 1.82) is 0 Å². The Hall–Kier alpha value is -1.01. The van der Waals surface area contributed by atoms with Gasteiger partial charge in [-0.3, -0.25) is 4.90 Å². The summed E-state index contributed by atoms with van der Waals surface area (Å²) in [5, 5.41) is 9.76. The first-order valence-electron chi connectivity index (χ1n) is 8.71. The van der Waals surface area contributed by atoms with E-state index in [-0.39, 0.29) is 11.5 Å². The van der Waals surface area contributed by atoms with E-state index in [4.69, 9.17) is 9.31 Å². The number of hydrogen-bond donors (Lipinski definition) is 1. The van der Waals surface area contributed by atoms with Gasteiger partial charge in [-0.1, -0.05) is 26.8 Å². The van der Waals surface area contributed by atoms with Gasteiger partial charge in [0.15, 0.2) is 0 Å². The lowest BCUT2D eigenvalue weighted by atomic mass is 9.61. The average Bonchev–Trinajstić information content (AvgIpc) is 2.55. The molecule has 6 heteroatoms. The van der Waals surface area contributed by atoms with Gasteiger partial charge >= 0.3 is 13.2 Å². The summed E-state index contributed by atoms with van der Waals surface area (Å²) >= 11 is 0. The molecule has 0 aromatic heterocycles. The van der Waals surface area contributed by atoms with E-state index in [9.17, 15) is 9.90 Å². The van der Waals surface area contributed by atoms with Gasteiger partial charge in [0, 0.05) is 0 Å². The molecule has 2 unspecified atom stereocenters. The molecule has 0 aromatic rings. The molecular weight excluding hydrogens is 305 g/mol. The zero-order valence-electron chi connectivity index (χ0n) is 16.6. The fraction of sp³-hybridized carbons (Fsp3) is 0.833. The van der Waals surface area contributed by atoms with Crippen LogP contribution in [0.25, 0.3) is 0 Å². The highest BCUT2D eigenvalue weighted by Crippen LogP contribution is 2.47. The second kappa shape index (κ2) is 5.50. The van der Waals surface area contributed by atoms with Crippen LogP contribution in [0.3, 0.4) is 0 Å². The Bertz CT molecular complexity index is 548. The Morgan fingerprint density at radius 2 is 1.67 bits per heavy atom. The van der Waals surface area contributed by atoms with Crippen LogP contribution in [0.5, 0.6) is 0 Å². The normalized spacial score (nSPS) is 32.7. The average molecular weight is 337 g/mol. The quantitative estimate of drug-likeness (QED) is 0.731. The summed E-state index contributed by atoms with van der Waals surface area (Å²) < 4.78 is 12.4. The Morgan fingerprint density at radius 1 is 1.21 bits per heavy atom. The van der Waals surface area contributed by atoms with Gasteiger partial charge in [0.1, 0.15) is 0 Å². The molecule has 1 amide bonds. The third kappa shape index (κ3) is 2.88. The van der Waals surface area contributed by atoms with Crippen molar-refractivity contribution in [2.75, 3.05) is 0 Å². The lowest BCUT2D eigenvalue weighted by molar-refractivity contribution is -0.00368. The molecular formula is C18H32BNO4. The Morgan fingerprint density at radius 3 is 2.04 bits per heavy atom. The fourth-order valence-electron chi connectivity index (χ4n) is 3.54. The summed E-state index contributed by atoms with van der Waals surface area (Å²) in [6, 6.07) is -0.227. The molecule has 2 rings (SSSR count). The molecule has 0 aromatic carbocycles. The zero-order chi connectivity index (χ0) is 18.7. The summed E-state index contributed by atoms with van der Waals surface area (Å²) in [5.41, 5.74) is -0.515. The first-order valence-corrected chi connectivity index (χ1v) is 8.71. The predicted octanol–water partition coefficient (Wildman–Crippen LogP) is 4.12. The van der Waals surface area contributed by atoms with Crippen molar-refractivity contribution >= 4 is 13.2 Å². The minimum absolute atomic E-state index is 0.219. The number of hydrogen-bond acceptors (Lipinski definition) is 3. The SMILES string of the molecule is CC1C=C(B2OC(C)(C)C(C)(C)O2)CC(C)(C(C)(C)C)N1C(=O)O. The molecule has 5 nitrogen and oxygen atoms in total. The van der Waals surface area contributed by atoms with E-state index in [1.165, 1.54) is 0 Å². The summed E-state index contributed by atoms with van der Waals surface area (Å²) in [6.07, 6.45) is 1.71.